The van der Waals surface area contributed by atoms with E-state index in [1.54, 1.807) is 26.0 Å². The molecule has 0 aliphatic heterocycles. The number of anilines is 1. The molecule has 0 spiro atoms. The average molecular weight is 382 g/mol. The maximum absolute atomic E-state index is 12.3. The number of aryl methyl sites for hydroxylation is 1. The Labute approximate surface area is 162 Å². The summed E-state index contributed by atoms with van der Waals surface area (Å²) in [4.78, 5) is 24.6. The largest absolute Gasteiger partial charge is 0.493 e. The number of hydrogen-bond acceptors (Lipinski definition) is 5. The van der Waals surface area contributed by atoms with E-state index >= 15 is 0 Å². The SMILES string of the molecule is COc1cc(C)c(NC(=O)C(=O)NC(C)c2cc3ccccc3o2)cc1OC. The number of hydrogen-bond donors (Lipinski definition) is 2. The monoisotopic (exact) mass is 382 g/mol. The number of nitrogens with one attached hydrogen (secondary N) is 2. The van der Waals surface area contributed by atoms with E-state index in [0.29, 0.717) is 22.9 Å². The highest BCUT2D eigenvalue weighted by Gasteiger charge is 2.21. The van der Waals surface area contributed by atoms with Crippen LogP contribution >= 0.6 is 0 Å². The fourth-order valence-corrected chi connectivity index (χ4v) is 2.84. The van der Waals surface area contributed by atoms with E-state index in [0.717, 1.165) is 16.5 Å². The molecule has 0 saturated heterocycles. The van der Waals surface area contributed by atoms with Gasteiger partial charge < -0.3 is 24.5 Å². The molecule has 7 heteroatoms. The lowest BCUT2D eigenvalue weighted by atomic mass is 10.1. The van der Waals surface area contributed by atoms with Gasteiger partial charge in [0.25, 0.3) is 0 Å². The first-order chi connectivity index (χ1) is 13.4. The standard InChI is InChI=1S/C21H22N2O5/c1-12-9-18(26-3)19(27-4)11-15(12)23-21(25)20(24)22-13(2)17-10-14-7-5-6-8-16(14)28-17/h5-11,13H,1-4H3,(H,22,24)(H,23,25). The van der Waals surface area contributed by atoms with E-state index in [1.165, 1.54) is 14.2 Å². The van der Waals surface area contributed by atoms with Crippen LogP contribution in [0.15, 0.2) is 46.9 Å². The van der Waals surface area contributed by atoms with Crippen LogP contribution in [0.2, 0.25) is 0 Å². The van der Waals surface area contributed by atoms with Crippen LogP contribution in [0.4, 0.5) is 5.69 Å². The lowest BCUT2D eigenvalue weighted by Crippen LogP contribution is -2.36. The maximum Gasteiger partial charge on any atom is 0.313 e. The van der Waals surface area contributed by atoms with Crippen LogP contribution in [0.25, 0.3) is 11.0 Å². The fraction of sp³-hybridized carbons (Fsp3) is 0.238. The van der Waals surface area contributed by atoms with Gasteiger partial charge in [-0.25, -0.2) is 0 Å². The first-order valence-corrected chi connectivity index (χ1v) is 8.76. The number of rotatable bonds is 5. The Hall–Kier alpha value is -3.48. The van der Waals surface area contributed by atoms with Crippen molar-refractivity contribution in [2.24, 2.45) is 0 Å². The number of carbonyl (C=O) groups is 2. The molecule has 0 saturated carbocycles. The molecule has 1 aromatic heterocycles. The third kappa shape index (κ3) is 3.93. The van der Waals surface area contributed by atoms with Gasteiger partial charge in [-0.2, -0.15) is 0 Å². The smallest absolute Gasteiger partial charge is 0.313 e. The van der Waals surface area contributed by atoms with Crippen molar-refractivity contribution in [2.75, 3.05) is 19.5 Å². The summed E-state index contributed by atoms with van der Waals surface area (Å²) in [5, 5.41) is 6.18. The van der Waals surface area contributed by atoms with Gasteiger partial charge in [0.05, 0.1) is 20.3 Å². The molecule has 0 aliphatic rings. The van der Waals surface area contributed by atoms with Gasteiger partial charge >= 0.3 is 11.8 Å². The Morgan fingerprint density at radius 3 is 2.36 bits per heavy atom. The van der Waals surface area contributed by atoms with Crippen molar-refractivity contribution in [2.45, 2.75) is 19.9 Å². The molecule has 0 bridgehead atoms. The second-order valence-electron chi connectivity index (χ2n) is 6.36. The minimum atomic E-state index is -0.779. The highest BCUT2D eigenvalue weighted by Crippen LogP contribution is 2.32. The van der Waals surface area contributed by atoms with Gasteiger partial charge in [0.15, 0.2) is 11.5 Å². The zero-order chi connectivity index (χ0) is 20.3. The van der Waals surface area contributed by atoms with Crippen molar-refractivity contribution in [1.29, 1.82) is 0 Å². The van der Waals surface area contributed by atoms with E-state index in [2.05, 4.69) is 10.6 Å². The Morgan fingerprint density at radius 2 is 1.68 bits per heavy atom. The third-order valence-corrected chi connectivity index (χ3v) is 4.40. The molecule has 146 valence electrons. The van der Waals surface area contributed by atoms with Gasteiger partial charge in [0, 0.05) is 17.1 Å². The van der Waals surface area contributed by atoms with Crippen LogP contribution in [0.1, 0.15) is 24.3 Å². The quantitative estimate of drug-likeness (QED) is 0.659. The van der Waals surface area contributed by atoms with Crippen molar-refractivity contribution in [3.8, 4) is 11.5 Å². The molecule has 1 heterocycles. The summed E-state index contributed by atoms with van der Waals surface area (Å²) in [5.74, 6) is 0.0329. The van der Waals surface area contributed by atoms with Crippen LogP contribution in [-0.4, -0.2) is 26.0 Å². The normalized spacial score (nSPS) is 11.7. The zero-order valence-corrected chi connectivity index (χ0v) is 16.2. The van der Waals surface area contributed by atoms with Crippen LogP contribution in [0, 0.1) is 6.92 Å². The highest BCUT2D eigenvalue weighted by atomic mass is 16.5. The molecule has 0 fully saturated rings. The molecule has 3 rings (SSSR count). The van der Waals surface area contributed by atoms with Crippen molar-refractivity contribution >= 4 is 28.5 Å². The van der Waals surface area contributed by atoms with Crippen LogP contribution in [0.3, 0.4) is 0 Å². The Kier molecular flexibility index (Phi) is 5.54. The summed E-state index contributed by atoms with van der Waals surface area (Å²) in [6.07, 6.45) is 0. The van der Waals surface area contributed by atoms with Crippen molar-refractivity contribution in [3.05, 3.63) is 53.8 Å². The van der Waals surface area contributed by atoms with Crippen LogP contribution in [0.5, 0.6) is 11.5 Å². The summed E-state index contributed by atoms with van der Waals surface area (Å²) in [5.41, 5.74) is 1.93. The molecular weight excluding hydrogens is 360 g/mol. The van der Waals surface area contributed by atoms with Crippen molar-refractivity contribution in [1.82, 2.24) is 5.32 Å². The predicted molar refractivity (Wildman–Crippen MR) is 106 cm³/mol. The topological polar surface area (TPSA) is 89.8 Å². The molecule has 0 radical (unpaired) electrons. The van der Waals surface area contributed by atoms with Gasteiger partial charge in [-0.1, -0.05) is 18.2 Å². The Bertz CT molecular complexity index is 992. The number of ether oxygens (including phenoxy) is 2. The lowest BCUT2D eigenvalue weighted by Gasteiger charge is -2.14. The third-order valence-electron chi connectivity index (χ3n) is 4.40. The van der Waals surface area contributed by atoms with E-state index in [4.69, 9.17) is 13.9 Å². The molecule has 2 amide bonds. The van der Waals surface area contributed by atoms with Crippen LogP contribution < -0.4 is 20.1 Å². The summed E-state index contributed by atoms with van der Waals surface area (Å²) < 4.78 is 16.2. The zero-order valence-electron chi connectivity index (χ0n) is 16.2. The molecule has 7 nitrogen and oxygen atoms in total. The highest BCUT2D eigenvalue weighted by molar-refractivity contribution is 6.39. The average Bonchev–Trinajstić information content (AvgIpc) is 3.13. The Balaban J connectivity index is 1.70. The van der Waals surface area contributed by atoms with E-state index in [-0.39, 0.29) is 0 Å². The summed E-state index contributed by atoms with van der Waals surface area (Å²) in [7, 11) is 3.03. The predicted octanol–water partition coefficient (Wildman–Crippen LogP) is 3.57. The number of fused-ring (bicyclic) bond motifs is 1. The number of carbonyl (C=O) groups excluding carboxylic acids is 2. The number of amides is 2. The Morgan fingerprint density at radius 1 is 1.00 bits per heavy atom. The van der Waals surface area contributed by atoms with Gasteiger partial charge in [-0.3, -0.25) is 9.59 Å². The van der Waals surface area contributed by atoms with Gasteiger partial charge in [-0.05, 0) is 37.6 Å². The molecule has 0 aliphatic carbocycles. The summed E-state index contributed by atoms with van der Waals surface area (Å²) in [6, 6.07) is 12.3. The molecule has 2 N–H and O–H groups in total. The number of benzene rings is 2. The second kappa shape index (κ2) is 8.04. The van der Waals surface area contributed by atoms with E-state index in [1.807, 2.05) is 30.3 Å². The molecule has 28 heavy (non-hydrogen) atoms. The molecule has 1 atom stereocenters. The molecule has 2 aromatic carbocycles. The maximum atomic E-state index is 12.3. The summed E-state index contributed by atoms with van der Waals surface area (Å²) >= 11 is 0. The molecule has 1 unspecified atom stereocenters. The first kappa shape index (κ1) is 19.3. The number of methoxy groups -OCH3 is 2. The number of para-hydroxylation sites is 1. The summed E-state index contributed by atoms with van der Waals surface area (Å²) in [6.45, 7) is 3.55. The van der Waals surface area contributed by atoms with Crippen LogP contribution in [-0.2, 0) is 9.59 Å². The van der Waals surface area contributed by atoms with Crippen molar-refractivity contribution in [3.63, 3.8) is 0 Å². The first-order valence-electron chi connectivity index (χ1n) is 8.76. The second-order valence-corrected chi connectivity index (χ2v) is 6.36. The number of furan rings is 1. The van der Waals surface area contributed by atoms with E-state index in [9.17, 15) is 9.59 Å². The fourth-order valence-electron chi connectivity index (χ4n) is 2.84. The molecular formula is C21H22N2O5. The van der Waals surface area contributed by atoms with Gasteiger partial charge in [0.2, 0.25) is 0 Å². The van der Waals surface area contributed by atoms with Crippen molar-refractivity contribution < 1.29 is 23.5 Å². The van der Waals surface area contributed by atoms with Gasteiger partial charge in [0.1, 0.15) is 11.3 Å². The van der Waals surface area contributed by atoms with Gasteiger partial charge in [-0.15, -0.1) is 0 Å². The lowest BCUT2D eigenvalue weighted by molar-refractivity contribution is -0.136. The molecule has 3 aromatic rings. The minimum Gasteiger partial charge on any atom is -0.493 e. The van der Waals surface area contributed by atoms with E-state index < -0.39 is 17.9 Å². The minimum absolute atomic E-state index is 0.458.